The van der Waals surface area contributed by atoms with Gasteiger partial charge in [0.15, 0.2) is 0 Å². The number of halogens is 1. The quantitative estimate of drug-likeness (QED) is 0.431. The summed E-state index contributed by atoms with van der Waals surface area (Å²) in [5.74, 6) is -2.82. The minimum atomic E-state index is -1.28. The SMILES string of the molecule is O=C(O)CN1C(=O)c2cccc3cc(NC(=O)CI)cc(c23)C1=O. The highest BCUT2D eigenvalue weighted by Crippen LogP contribution is 2.32. The molecule has 0 saturated carbocycles. The van der Waals surface area contributed by atoms with E-state index in [9.17, 15) is 19.2 Å². The van der Waals surface area contributed by atoms with Gasteiger partial charge in [-0.25, -0.2) is 0 Å². The number of aliphatic carboxylic acids is 1. The highest BCUT2D eigenvalue weighted by atomic mass is 127. The number of imide groups is 1. The normalized spacial score (nSPS) is 13.3. The Hall–Kier alpha value is -2.49. The molecule has 24 heavy (non-hydrogen) atoms. The van der Waals surface area contributed by atoms with Crippen LogP contribution in [0.15, 0.2) is 30.3 Å². The van der Waals surface area contributed by atoms with Crippen molar-refractivity contribution < 1.29 is 24.3 Å². The molecule has 0 spiro atoms. The lowest BCUT2D eigenvalue weighted by atomic mass is 9.93. The number of carbonyl (C=O) groups is 4. The van der Waals surface area contributed by atoms with Crippen LogP contribution >= 0.6 is 22.6 Å². The van der Waals surface area contributed by atoms with Gasteiger partial charge < -0.3 is 10.4 Å². The maximum absolute atomic E-state index is 12.6. The smallest absolute Gasteiger partial charge is 0.323 e. The summed E-state index contributed by atoms with van der Waals surface area (Å²) in [7, 11) is 0. The summed E-state index contributed by atoms with van der Waals surface area (Å²) >= 11 is 1.92. The third kappa shape index (κ3) is 2.73. The Morgan fingerprint density at radius 1 is 1.12 bits per heavy atom. The van der Waals surface area contributed by atoms with E-state index in [1.54, 1.807) is 24.3 Å². The average molecular weight is 438 g/mol. The first kappa shape index (κ1) is 16.4. The fourth-order valence-electron chi connectivity index (χ4n) is 2.70. The van der Waals surface area contributed by atoms with Crippen molar-refractivity contribution in [3.8, 4) is 0 Å². The lowest BCUT2D eigenvalue weighted by molar-refractivity contribution is -0.137. The molecule has 0 atom stereocenters. The molecule has 0 unspecified atom stereocenters. The molecule has 2 N–H and O–H groups in total. The first-order chi connectivity index (χ1) is 11.4. The minimum Gasteiger partial charge on any atom is -0.480 e. The van der Waals surface area contributed by atoms with Crippen molar-refractivity contribution in [3.05, 3.63) is 41.5 Å². The van der Waals surface area contributed by atoms with E-state index in [0.717, 1.165) is 0 Å². The van der Waals surface area contributed by atoms with Crippen LogP contribution in [0.4, 0.5) is 5.69 Å². The molecule has 0 radical (unpaired) electrons. The molecule has 7 nitrogen and oxygen atoms in total. The average Bonchev–Trinajstić information content (AvgIpc) is 2.55. The van der Waals surface area contributed by atoms with E-state index < -0.39 is 24.3 Å². The van der Waals surface area contributed by atoms with Crippen molar-refractivity contribution in [2.45, 2.75) is 0 Å². The molecular weight excluding hydrogens is 427 g/mol. The molecule has 0 aliphatic carbocycles. The number of rotatable bonds is 4. The van der Waals surface area contributed by atoms with Gasteiger partial charge in [-0.2, -0.15) is 0 Å². The number of anilines is 1. The van der Waals surface area contributed by atoms with Gasteiger partial charge in [0.25, 0.3) is 11.8 Å². The van der Waals surface area contributed by atoms with Gasteiger partial charge in [-0.15, -0.1) is 0 Å². The molecular formula is C16H11IN2O5. The topological polar surface area (TPSA) is 104 Å². The summed E-state index contributed by atoms with van der Waals surface area (Å²) in [6.45, 7) is -0.710. The second-order valence-corrected chi connectivity index (χ2v) is 5.96. The van der Waals surface area contributed by atoms with Crippen molar-refractivity contribution >= 4 is 62.7 Å². The van der Waals surface area contributed by atoms with Crippen LogP contribution < -0.4 is 5.32 Å². The van der Waals surface area contributed by atoms with Crippen molar-refractivity contribution in [2.75, 3.05) is 16.3 Å². The van der Waals surface area contributed by atoms with E-state index >= 15 is 0 Å². The Balaban J connectivity index is 2.19. The van der Waals surface area contributed by atoms with Gasteiger partial charge in [0.05, 0.1) is 9.99 Å². The van der Waals surface area contributed by atoms with Crippen molar-refractivity contribution in [3.63, 3.8) is 0 Å². The monoisotopic (exact) mass is 438 g/mol. The second kappa shape index (κ2) is 6.19. The number of hydrogen-bond donors (Lipinski definition) is 2. The lowest BCUT2D eigenvalue weighted by Crippen LogP contribution is -2.43. The van der Waals surface area contributed by atoms with Gasteiger partial charge in [-0.1, -0.05) is 34.7 Å². The fourth-order valence-corrected chi connectivity index (χ4v) is 2.89. The summed E-state index contributed by atoms with van der Waals surface area (Å²) in [6.07, 6.45) is 0. The number of nitrogens with zero attached hydrogens (tertiary/aromatic N) is 1. The Labute approximate surface area is 149 Å². The summed E-state index contributed by atoms with van der Waals surface area (Å²) in [4.78, 5) is 48.3. The maximum Gasteiger partial charge on any atom is 0.323 e. The van der Waals surface area contributed by atoms with Gasteiger partial charge >= 0.3 is 5.97 Å². The van der Waals surface area contributed by atoms with E-state index in [4.69, 9.17) is 5.11 Å². The van der Waals surface area contributed by atoms with Crippen LogP contribution in [0.2, 0.25) is 0 Å². The molecule has 122 valence electrons. The first-order valence-corrected chi connectivity index (χ1v) is 8.45. The van der Waals surface area contributed by atoms with Crippen molar-refractivity contribution in [1.29, 1.82) is 0 Å². The molecule has 1 heterocycles. The van der Waals surface area contributed by atoms with E-state index in [-0.39, 0.29) is 21.5 Å². The zero-order chi connectivity index (χ0) is 17.4. The number of carboxylic acid groups (broad SMARTS) is 1. The Bertz CT molecular complexity index is 909. The van der Waals surface area contributed by atoms with E-state index in [1.165, 1.54) is 6.07 Å². The highest BCUT2D eigenvalue weighted by Gasteiger charge is 2.34. The van der Waals surface area contributed by atoms with Crippen LogP contribution in [0.5, 0.6) is 0 Å². The van der Waals surface area contributed by atoms with E-state index in [2.05, 4.69) is 5.32 Å². The van der Waals surface area contributed by atoms with E-state index in [0.29, 0.717) is 21.4 Å². The predicted molar refractivity (Wildman–Crippen MR) is 94.5 cm³/mol. The summed E-state index contributed by atoms with van der Waals surface area (Å²) in [6, 6.07) is 8.09. The Morgan fingerprint density at radius 2 is 1.83 bits per heavy atom. The van der Waals surface area contributed by atoms with Crippen LogP contribution in [0.25, 0.3) is 10.8 Å². The van der Waals surface area contributed by atoms with Crippen LogP contribution in [0.1, 0.15) is 20.7 Å². The molecule has 0 aromatic heterocycles. The van der Waals surface area contributed by atoms with Gasteiger partial charge in [-0.3, -0.25) is 24.1 Å². The standard InChI is InChI=1S/C16H11IN2O5/c17-6-12(20)18-9-4-8-2-1-3-10-14(8)11(5-9)16(24)19(15(10)23)7-13(21)22/h1-5H,6-7H2,(H,18,20)(H,21,22). The Morgan fingerprint density at radius 3 is 2.50 bits per heavy atom. The van der Waals surface area contributed by atoms with Crippen molar-refractivity contribution in [2.24, 2.45) is 0 Å². The number of hydrogen-bond acceptors (Lipinski definition) is 4. The number of alkyl halides is 1. The number of amides is 3. The largest absolute Gasteiger partial charge is 0.480 e. The minimum absolute atomic E-state index is 0.202. The van der Waals surface area contributed by atoms with Crippen LogP contribution in [-0.4, -0.2) is 44.7 Å². The molecule has 3 amide bonds. The molecule has 8 heteroatoms. The maximum atomic E-state index is 12.6. The molecule has 2 aromatic carbocycles. The zero-order valence-electron chi connectivity index (χ0n) is 12.2. The van der Waals surface area contributed by atoms with Gasteiger partial charge in [0, 0.05) is 16.6 Å². The highest BCUT2D eigenvalue weighted by molar-refractivity contribution is 14.1. The third-order valence-corrected chi connectivity index (χ3v) is 4.32. The second-order valence-electron chi connectivity index (χ2n) is 5.20. The molecule has 0 saturated heterocycles. The van der Waals surface area contributed by atoms with Crippen LogP contribution in [0.3, 0.4) is 0 Å². The molecule has 3 rings (SSSR count). The summed E-state index contributed by atoms with van der Waals surface area (Å²) in [5.41, 5.74) is 0.900. The number of nitrogens with one attached hydrogen (secondary N) is 1. The molecule has 1 aliphatic heterocycles. The van der Waals surface area contributed by atoms with Gasteiger partial charge in [-0.05, 0) is 23.6 Å². The van der Waals surface area contributed by atoms with E-state index in [1.807, 2.05) is 22.6 Å². The molecule has 0 fully saturated rings. The summed E-state index contributed by atoms with van der Waals surface area (Å²) in [5, 5.41) is 12.7. The number of carboxylic acids is 1. The van der Waals surface area contributed by atoms with Gasteiger partial charge in [0.1, 0.15) is 6.54 Å². The van der Waals surface area contributed by atoms with Gasteiger partial charge in [0.2, 0.25) is 5.91 Å². The summed E-state index contributed by atoms with van der Waals surface area (Å²) < 4.78 is 0.253. The molecule has 1 aliphatic rings. The number of carbonyl (C=O) groups excluding carboxylic acids is 3. The van der Waals surface area contributed by atoms with Crippen LogP contribution in [-0.2, 0) is 9.59 Å². The zero-order valence-corrected chi connectivity index (χ0v) is 14.4. The predicted octanol–water partition coefficient (Wildman–Crippen LogP) is 1.89. The first-order valence-electron chi connectivity index (χ1n) is 6.93. The Kier molecular flexibility index (Phi) is 4.22. The molecule has 0 bridgehead atoms. The lowest BCUT2D eigenvalue weighted by Gasteiger charge is -2.26. The third-order valence-electron chi connectivity index (χ3n) is 3.63. The fraction of sp³-hybridized carbons (Fsp3) is 0.125. The molecule has 2 aromatic rings. The number of benzene rings is 2. The van der Waals surface area contributed by atoms with Crippen LogP contribution in [0, 0.1) is 0 Å². The van der Waals surface area contributed by atoms with Crippen molar-refractivity contribution in [1.82, 2.24) is 4.90 Å².